The molecule has 0 radical (unpaired) electrons. The number of carbonyl (C=O) groups is 1. The lowest BCUT2D eigenvalue weighted by atomic mass is 9.99. The summed E-state index contributed by atoms with van der Waals surface area (Å²) < 4.78 is 28.4. The van der Waals surface area contributed by atoms with E-state index >= 15 is 0 Å². The van der Waals surface area contributed by atoms with Crippen molar-refractivity contribution in [2.24, 2.45) is 0 Å². The van der Waals surface area contributed by atoms with E-state index in [9.17, 15) is 13.6 Å². The Kier molecular flexibility index (Phi) is 4.86. The summed E-state index contributed by atoms with van der Waals surface area (Å²) in [7, 11) is 0. The van der Waals surface area contributed by atoms with Crippen molar-refractivity contribution in [3.05, 3.63) is 28.8 Å². The Morgan fingerprint density at radius 3 is 2.67 bits per heavy atom. The van der Waals surface area contributed by atoms with Crippen LogP contribution in [0.5, 0.6) is 5.75 Å². The third kappa shape index (κ3) is 3.31. The smallest absolute Gasteiger partial charge is 0.387 e. The number of ether oxygens (including phenoxy) is 1. The molecule has 0 heterocycles. The summed E-state index contributed by atoms with van der Waals surface area (Å²) in [4.78, 5) is 10.6. The first-order valence-corrected chi connectivity index (χ1v) is 5.30. The molecule has 1 aromatic rings. The van der Waals surface area contributed by atoms with E-state index in [0.717, 1.165) is 6.07 Å². The number of carboxylic acids is 1. The summed E-state index contributed by atoms with van der Waals surface area (Å²) >= 11 is 5.62. The standard InChI is InChI=1S/C11H8ClF2NO3/c12-4-7-6(3-10(16)17)1-2-9(8(7)5-15)18-11(13)14/h1-2,11H,3-4H2,(H,16,17). The number of benzene rings is 1. The van der Waals surface area contributed by atoms with Gasteiger partial charge in [-0.3, -0.25) is 4.79 Å². The van der Waals surface area contributed by atoms with Gasteiger partial charge in [0, 0.05) is 5.88 Å². The largest absolute Gasteiger partial charge is 0.481 e. The van der Waals surface area contributed by atoms with E-state index in [1.54, 1.807) is 6.07 Å². The Balaban J connectivity index is 3.28. The van der Waals surface area contributed by atoms with Gasteiger partial charge in [-0.2, -0.15) is 14.0 Å². The van der Waals surface area contributed by atoms with E-state index in [1.165, 1.54) is 6.07 Å². The fourth-order valence-electron chi connectivity index (χ4n) is 1.47. The lowest BCUT2D eigenvalue weighted by molar-refractivity contribution is -0.136. The van der Waals surface area contributed by atoms with Gasteiger partial charge < -0.3 is 9.84 Å². The van der Waals surface area contributed by atoms with E-state index in [2.05, 4.69) is 4.74 Å². The van der Waals surface area contributed by atoms with Crippen LogP contribution in [-0.2, 0) is 17.1 Å². The third-order valence-corrected chi connectivity index (χ3v) is 2.44. The van der Waals surface area contributed by atoms with Gasteiger partial charge >= 0.3 is 12.6 Å². The van der Waals surface area contributed by atoms with Crippen LogP contribution in [0.2, 0.25) is 0 Å². The number of halogens is 3. The van der Waals surface area contributed by atoms with E-state index < -0.39 is 12.6 Å². The molecule has 4 nitrogen and oxygen atoms in total. The van der Waals surface area contributed by atoms with Crippen molar-refractivity contribution < 1.29 is 23.4 Å². The number of nitriles is 1. The molecule has 0 atom stereocenters. The maximum atomic E-state index is 12.1. The quantitative estimate of drug-likeness (QED) is 0.838. The average molecular weight is 276 g/mol. The number of rotatable bonds is 5. The molecule has 0 aromatic heterocycles. The average Bonchev–Trinajstić information content (AvgIpc) is 2.29. The molecule has 0 fully saturated rings. The lowest BCUT2D eigenvalue weighted by Gasteiger charge is -2.12. The van der Waals surface area contributed by atoms with Crippen molar-refractivity contribution in [1.29, 1.82) is 5.26 Å². The van der Waals surface area contributed by atoms with Gasteiger partial charge in [-0.15, -0.1) is 11.6 Å². The molecular weight excluding hydrogens is 268 g/mol. The van der Waals surface area contributed by atoms with Crippen molar-refractivity contribution >= 4 is 17.6 Å². The molecule has 0 unspecified atom stereocenters. The molecule has 0 saturated carbocycles. The fourth-order valence-corrected chi connectivity index (χ4v) is 1.77. The van der Waals surface area contributed by atoms with E-state index in [4.69, 9.17) is 22.0 Å². The van der Waals surface area contributed by atoms with Crippen LogP contribution in [0.25, 0.3) is 0 Å². The van der Waals surface area contributed by atoms with Gasteiger partial charge in [0.25, 0.3) is 0 Å². The Morgan fingerprint density at radius 2 is 2.22 bits per heavy atom. The first-order chi connectivity index (χ1) is 8.49. The molecule has 0 aliphatic heterocycles. The maximum Gasteiger partial charge on any atom is 0.387 e. The van der Waals surface area contributed by atoms with Gasteiger partial charge in [-0.05, 0) is 17.2 Å². The van der Waals surface area contributed by atoms with Crippen LogP contribution in [0.15, 0.2) is 12.1 Å². The molecule has 0 aliphatic rings. The number of aliphatic carboxylic acids is 1. The Labute approximate surface area is 106 Å². The molecule has 0 spiro atoms. The topological polar surface area (TPSA) is 70.3 Å². The van der Waals surface area contributed by atoms with Crippen molar-refractivity contribution in [2.45, 2.75) is 18.9 Å². The molecular formula is C11H8ClF2NO3. The molecule has 0 saturated heterocycles. The molecule has 18 heavy (non-hydrogen) atoms. The SMILES string of the molecule is N#Cc1c(OC(F)F)ccc(CC(=O)O)c1CCl. The van der Waals surface area contributed by atoms with Crippen molar-refractivity contribution in [3.8, 4) is 11.8 Å². The summed E-state index contributed by atoms with van der Waals surface area (Å²) in [5.41, 5.74) is 0.333. The summed E-state index contributed by atoms with van der Waals surface area (Å²) in [6.07, 6.45) is -0.342. The molecule has 1 aromatic carbocycles. The predicted octanol–water partition coefficient (Wildman–Crippen LogP) is 2.53. The first kappa shape index (κ1) is 14.2. The molecule has 0 amide bonds. The highest BCUT2D eigenvalue weighted by molar-refractivity contribution is 6.17. The number of nitrogens with zero attached hydrogens (tertiary/aromatic N) is 1. The number of hydrogen-bond donors (Lipinski definition) is 1. The van der Waals surface area contributed by atoms with Gasteiger partial charge in [-0.1, -0.05) is 6.07 Å². The van der Waals surface area contributed by atoms with Gasteiger partial charge in [-0.25, -0.2) is 0 Å². The first-order valence-electron chi connectivity index (χ1n) is 4.77. The Hall–Kier alpha value is -1.87. The van der Waals surface area contributed by atoms with Gasteiger partial charge in [0.1, 0.15) is 11.8 Å². The molecule has 1 rings (SSSR count). The van der Waals surface area contributed by atoms with Crippen LogP contribution in [0.3, 0.4) is 0 Å². The fraction of sp³-hybridized carbons (Fsp3) is 0.273. The van der Waals surface area contributed by atoms with Crippen LogP contribution >= 0.6 is 11.6 Å². The summed E-state index contributed by atoms with van der Waals surface area (Å²) in [6, 6.07) is 4.15. The third-order valence-electron chi connectivity index (χ3n) is 2.17. The van der Waals surface area contributed by atoms with Crippen LogP contribution < -0.4 is 4.74 Å². The normalized spacial score (nSPS) is 10.2. The van der Waals surface area contributed by atoms with Crippen LogP contribution in [-0.4, -0.2) is 17.7 Å². The minimum absolute atomic E-state index is 0.161. The second-order valence-corrected chi connectivity index (χ2v) is 3.54. The van der Waals surface area contributed by atoms with E-state index in [-0.39, 0.29) is 29.2 Å². The molecule has 7 heteroatoms. The highest BCUT2D eigenvalue weighted by Crippen LogP contribution is 2.28. The summed E-state index contributed by atoms with van der Waals surface area (Å²) in [6.45, 7) is -3.06. The molecule has 1 N–H and O–H groups in total. The zero-order chi connectivity index (χ0) is 13.7. The van der Waals surface area contributed by atoms with Crippen molar-refractivity contribution in [2.75, 3.05) is 0 Å². The predicted molar refractivity (Wildman–Crippen MR) is 58.7 cm³/mol. The van der Waals surface area contributed by atoms with Crippen LogP contribution in [0, 0.1) is 11.3 Å². The number of hydrogen-bond acceptors (Lipinski definition) is 3. The summed E-state index contributed by atoms with van der Waals surface area (Å²) in [5.74, 6) is -1.57. The van der Waals surface area contributed by atoms with E-state index in [0.29, 0.717) is 5.56 Å². The summed E-state index contributed by atoms with van der Waals surface area (Å²) in [5, 5.41) is 17.6. The Morgan fingerprint density at radius 1 is 1.56 bits per heavy atom. The zero-order valence-electron chi connectivity index (χ0n) is 8.99. The molecule has 0 bridgehead atoms. The maximum absolute atomic E-state index is 12.1. The lowest BCUT2D eigenvalue weighted by Crippen LogP contribution is -2.08. The van der Waals surface area contributed by atoms with Gasteiger partial charge in [0.2, 0.25) is 0 Å². The molecule has 0 aliphatic carbocycles. The van der Waals surface area contributed by atoms with Crippen LogP contribution in [0.4, 0.5) is 8.78 Å². The molecule has 96 valence electrons. The van der Waals surface area contributed by atoms with Crippen molar-refractivity contribution in [3.63, 3.8) is 0 Å². The monoisotopic (exact) mass is 275 g/mol. The number of alkyl halides is 3. The number of carboxylic acid groups (broad SMARTS) is 1. The zero-order valence-corrected chi connectivity index (χ0v) is 9.75. The van der Waals surface area contributed by atoms with Gasteiger partial charge in [0.15, 0.2) is 0 Å². The van der Waals surface area contributed by atoms with Gasteiger partial charge in [0.05, 0.1) is 12.0 Å². The minimum Gasteiger partial charge on any atom is -0.481 e. The Bertz CT molecular complexity index is 500. The second kappa shape index (κ2) is 6.17. The van der Waals surface area contributed by atoms with Crippen LogP contribution in [0.1, 0.15) is 16.7 Å². The van der Waals surface area contributed by atoms with Crippen molar-refractivity contribution in [1.82, 2.24) is 0 Å². The second-order valence-electron chi connectivity index (χ2n) is 3.27. The minimum atomic E-state index is -3.06. The van der Waals surface area contributed by atoms with E-state index in [1.807, 2.05) is 0 Å². The highest BCUT2D eigenvalue weighted by atomic mass is 35.5. The highest BCUT2D eigenvalue weighted by Gasteiger charge is 2.17.